The van der Waals surface area contributed by atoms with E-state index in [2.05, 4.69) is 4.74 Å². The van der Waals surface area contributed by atoms with Gasteiger partial charge in [0.05, 0.1) is 17.8 Å². The molecule has 1 aliphatic carbocycles. The maximum atomic E-state index is 11.8. The standard InChI is InChI=1S/C11H11NO5S2/c1-17-8(14)5-18-11-10(12(15)16)9-6(13)3-2-4-7(9)19-11/h2-5H2,1H3. The summed E-state index contributed by atoms with van der Waals surface area (Å²) in [7, 11) is 1.26. The highest BCUT2D eigenvalue weighted by Crippen LogP contribution is 2.44. The molecule has 0 N–H and O–H groups in total. The lowest BCUT2D eigenvalue weighted by Gasteiger charge is -2.07. The molecule has 0 fully saturated rings. The molecule has 0 aromatic carbocycles. The van der Waals surface area contributed by atoms with E-state index in [1.165, 1.54) is 18.4 Å². The van der Waals surface area contributed by atoms with Crippen molar-refractivity contribution in [1.82, 2.24) is 0 Å². The van der Waals surface area contributed by atoms with Crippen LogP contribution in [0, 0.1) is 10.1 Å². The number of thioether (sulfide) groups is 1. The van der Waals surface area contributed by atoms with Gasteiger partial charge in [0.25, 0.3) is 0 Å². The molecule has 0 radical (unpaired) electrons. The van der Waals surface area contributed by atoms with E-state index in [0.717, 1.165) is 23.1 Å². The van der Waals surface area contributed by atoms with Crippen LogP contribution in [0.1, 0.15) is 28.1 Å². The quantitative estimate of drug-likeness (QED) is 0.367. The number of nitro groups is 1. The van der Waals surface area contributed by atoms with Gasteiger partial charge in [0.2, 0.25) is 0 Å². The Labute approximate surface area is 117 Å². The maximum absolute atomic E-state index is 11.8. The van der Waals surface area contributed by atoms with Crippen LogP contribution >= 0.6 is 23.1 Å². The second-order valence-corrected chi connectivity index (χ2v) is 6.28. The Morgan fingerprint density at radius 3 is 2.89 bits per heavy atom. The highest BCUT2D eigenvalue weighted by Gasteiger charge is 2.34. The average Bonchev–Trinajstić information content (AvgIpc) is 2.75. The Morgan fingerprint density at radius 2 is 2.26 bits per heavy atom. The van der Waals surface area contributed by atoms with Crippen molar-refractivity contribution in [2.75, 3.05) is 12.9 Å². The van der Waals surface area contributed by atoms with Gasteiger partial charge >= 0.3 is 11.7 Å². The van der Waals surface area contributed by atoms with Gasteiger partial charge in [-0.2, -0.15) is 0 Å². The molecule has 0 unspecified atom stereocenters. The summed E-state index contributed by atoms with van der Waals surface area (Å²) in [6, 6.07) is 0. The Bertz CT molecular complexity index is 552. The highest BCUT2D eigenvalue weighted by molar-refractivity contribution is 8.01. The van der Waals surface area contributed by atoms with E-state index in [4.69, 9.17) is 0 Å². The summed E-state index contributed by atoms with van der Waals surface area (Å²) in [5.41, 5.74) is 0.104. The predicted molar refractivity (Wildman–Crippen MR) is 71.0 cm³/mol. The second kappa shape index (κ2) is 5.70. The van der Waals surface area contributed by atoms with Crippen LogP contribution in [-0.2, 0) is 16.0 Å². The van der Waals surface area contributed by atoms with Crippen molar-refractivity contribution >= 4 is 40.5 Å². The number of carbonyl (C=O) groups is 2. The molecule has 1 aliphatic rings. The average molecular weight is 301 g/mol. The van der Waals surface area contributed by atoms with Crippen LogP contribution in [0.2, 0.25) is 0 Å². The predicted octanol–water partition coefficient (Wildman–Crippen LogP) is 2.44. The van der Waals surface area contributed by atoms with Crippen LogP contribution < -0.4 is 0 Å². The molecule has 1 heterocycles. The molecule has 102 valence electrons. The minimum Gasteiger partial charge on any atom is -0.468 e. The molecule has 0 saturated heterocycles. The Kier molecular flexibility index (Phi) is 4.20. The number of ketones is 1. The number of methoxy groups -OCH3 is 1. The van der Waals surface area contributed by atoms with Gasteiger partial charge in [0, 0.05) is 11.3 Å². The normalized spacial score (nSPS) is 14.1. The fraction of sp³-hybridized carbons (Fsp3) is 0.455. The third-order valence-corrected chi connectivity index (χ3v) is 5.22. The van der Waals surface area contributed by atoms with Crippen molar-refractivity contribution in [3.05, 3.63) is 20.6 Å². The van der Waals surface area contributed by atoms with Gasteiger partial charge in [-0.15, -0.1) is 11.3 Å². The monoisotopic (exact) mass is 301 g/mol. The Morgan fingerprint density at radius 1 is 1.53 bits per heavy atom. The Hall–Kier alpha value is -1.41. The molecule has 6 nitrogen and oxygen atoms in total. The van der Waals surface area contributed by atoms with Crippen LogP contribution in [-0.4, -0.2) is 29.5 Å². The number of ether oxygens (including phenoxy) is 1. The van der Waals surface area contributed by atoms with Crippen molar-refractivity contribution < 1.29 is 19.2 Å². The molecule has 2 rings (SSSR count). The van der Waals surface area contributed by atoms with E-state index in [1.807, 2.05) is 0 Å². The molecular formula is C11H11NO5S2. The number of hydrogen-bond acceptors (Lipinski definition) is 7. The van der Waals surface area contributed by atoms with Gasteiger partial charge in [-0.1, -0.05) is 11.8 Å². The number of carbonyl (C=O) groups excluding carboxylic acids is 2. The van der Waals surface area contributed by atoms with Crippen molar-refractivity contribution in [1.29, 1.82) is 0 Å². The number of fused-ring (bicyclic) bond motifs is 1. The van der Waals surface area contributed by atoms with Gasteiger partial charge < -0.3 is 4.74 Å². The third kappa shape index (κ3) is 2.79. The molecule has 0 atom stereocenters. The fourth-order valence-electron chi connectivity index (χ4n) is 1.89. The van der Waals surface area contributed by atoms with Crippen molar-refractivity contribution in [2.24, 2.45) is 0 Å². The van der Waals surface area contributed by atoms with Gasteiger partial charge in [-0.3, -0.25) is 19.7 Å². The molecular weight excluding hydrogens is 290 g/mol. The molecule has 0 bridgehead atoms. The summed E-state index contributed by atoms with van der Waals surface area (Å²) in [5.74, 6) is -0.614. The topological polar surface area (TPSA) is 86.5 Å². The number of hydrogen-bond donors (Lipinski definition) is 0. The lowest BCUT2D eigenvalue weighted by Crippen LogP contribution is -2.10. The number of thiophene rings is 1. The molecule has 0 aliphatic heterocycles. The van der Waals surface area contributed by atoms with Crippen LogP contribution in [0.3, 0.4) is 0 Å². The SMILES string of the molecule is COC(=O)CSc1sc2c(c1[N+](=O)[O-])C(=O)CCC2. The van der Waals surface area contributed by atoms with E-state index < -0.39 is 10.9 Å². The summed E-state index contributed by atoms with van der Waals surface area (Å²) >= 11 is 2.29. The number of esters is 1. The van der Waals surface area contributed by atoms with Gasteiger partial charge in [-0.25, -0.2) is 0 Å². The van der Waals surface area contributed by atoms with Gasteiger partial charge in [0.15, 0.2) is 5.78 Å². The molecule has 1 aromatic heterocycles. The summed E-state index contributed by atoms with van der Waals surface area (Å²) in [6.45, 7) is 0. The number of nitrogens with zero attached hydrogens (tertiary/aromatic N) is 1. The summed E-state index contributed by atoms with van der Waals surface area (Å²) in [6.07, 6.45) is 1.77. The van der Waals surface area contributed by atoms with Crippen molar-refractivity contribution in [2.45, 2.75) is 23.5 Å². The van der Waals surface area contributed by atoms with E-state index in [0.29, 0.717) is 17.1 Å². The largest absolute Gasteiger partial charge is 0.468 e. The number of rotatable bonds is 4. The fourth-order valence-corrected chi connectivity index (χ4v) is 4.34. The number of aryl methyl sites for hydroxylation is 1. The molecule has 0 spiro atoms. The molecule has 0 amide bonds. The van der Waals surface area contributed by atoms with Crippen LogP contribution in [0.4, 0.5) is 5.69 Å². The zero-order chi connectivity index (χ0) is 14.0. The van der Waals surface area contributed by atoms with Crippen LogP contribution in [0.15, 0.2) is 4.21 Å². The lowest BCUT2D eigenvalue weighted by molar-refractivity contribution is -0.387. The molecule has 19 heavy (non-hydrogen) atoms. The van der Waals surface area contributed by atoms with Gasteiger partial charge in [-0.05, 0) is 12.8 Å². The molecule has 1 aromatic rings. The van der Waals surface area contributed by atoms with E-state index in [-0.39, 0.29) is 22.8 Å². The van der Waals surface area contributed by atoms with Gasteiger partial charge in [0.1, 0.15) is 9.77 Å². The van der Waals surface area contributed by atoms with Crippen molar-refractivity contribution in [3.8, 4) is 0 Å². The van der Waals surface area contributed by atoms with E-state index >= 15 is 0 Å². The molecule has 8 heteroatoms. The van der Waals surface area contributed by atoms with Crippen LogP contribution in [0.5, 0.6) is 0 Å². The summed E-state index contributed by atoms with van der Waals surface area (Å²) in [4.78, 5) is 34.3. The first-order valence-corrected chi connectivity index (χ1v) is 7.37. The van der Waals surface area contributed by atoms with E-state index in [1.54, 1.807) is 0 Å². The zero-order valence-electron chi connectivity index (χ0n) is 10.1. The van der Waals surface area contributed by atoms with E-state index in [9.17, 15) is 19.7 Å². The summed E-state index contributed by atoms with van der Waals surface area (Å²) < 4.78 is 4.92. The second-order valence-electron chi connectivity index (χ2n) is 3.93. The minimum atomic E-state index is -0.530. The molecule has 0 saturated carbocycles. The summed E-state index contributed by atoms with van der Waals surface area (Å²) in [5, 5.41) is 11.1. The third-order valence-electron chi connectivity index (χ3n) is 2.74. The van der Waals surface area contributed by atoms with Crippen LogP contribution in [0.25, 0.3) is 0 Å². The Balaban J connectivity index is 2.35. The van der Waals surface area contributed by atoms with Crippen molar-refractivity contribution in [3.63, 3.8) is 0 Å². The first kappa shape index (κ1) is 14.0. The smallest absolute Gasteiger partial charge is 0.316 e. The minimum absolute atomic E-state index is 0.00488. The highest BCUT2D eigenvalue weighted by atomic mass is 32.2. The first-order valence-electron chi connectivity index (χ1n) is 5.57. The maximum Gasteiger partial charge on any atom is 0.316 e. The zero-order valence-corrected chi connectivity index (χ0v) is 11.8. The lowest BCUT2D eigenvalue weighted by atomic mass is 9.97. The first-order chi connectivity index (χ1) is 9.04. The number of Topliss-reactive ketones (excluding diaryl/α,β-unsaturated/α-hetero) is 1.